The molecule has 0 fully saturated rings. The number of aryl methyl sites for hydroxylation is 1. The Hall–Kier alpha value is -3.61. The van der Waals surface area contributed by atoms with Crippen molar-refractivity contribution < 1.29 is 14.3 Å². The lowest BCUT2D eigenvalue weighted by atomic mass is 10.1. The minimum Gasteiger partial charge on any atom is -0.486 e. The third kappa shape index (κ3) is 4.82. The molecular weight excluding hydrogens is 368 g/mol. The molecule has 7 nitrogen and oxygen atoms in total. The first-order valence-corrected chi connectivity index (χ1v) is 9.52. The summed E-state index contributed by atoms with van der Waals surface area (Å²) in [6, 6.07) is 17.2. The van der Waals surface area contributed by atoms with Gasteiger partial charge in [-0.05, 0) is 31.0 Å². The van der Waals surface area contributed by atoms with E-state index >= 15 is 0 Å². The van der Waals surface area contributed by atoms with E-state index in [0.717, 1.165) is 6.42 Å². The highest BCUT2D eigenvalue weighted by molar-refractivity contribution is 6.03. The molecule has 0 radical (unpaired) electrons. The molecule has 29 heavy (non-hydrogen) atoms. The van der Waals surface area contributed by atoms with Gasteiger partial charge in [0, 0.05) is 24.4 Å². The molecule has 3 aromatic rings. The second-order valence-corrected chi connectivity index (χ2v) is 6.66. The largest absolute Gasteiger partial charge is 0.486 e. The fraction of sp³-hybridized carbons (Fsp3) is 0.227. The van der Waals surface area contributed by atoms with Crippen LogP contribution < -0.4 is 20.1 Å². The van der Waals surface area contributed by atoms with Gasteiger partial charge >= 0.3 is 0 Å². The standard InChI is InChI=1S/C22H22N4O3/c1-15-24-18(14-21(25-15)23-10-9-16-5-3-2-4-6-16)22(27)26-17-7-8-19-20(13-17)29-12-11-28-19/h2-8,13-14H,9-12H2,1H3,(H,26,27)(H,23,24,25). The number of anilines is 2. The summed E-state index contributed by atoms with van der Waals surface area (Å²) >= 11 is 0. The van der Waals surface area contributed by atoms with Gasteiger partial charge in [0.15, 0.2) is 11.5 Å². The molecule has 148 valence electrons. The molecule has 0 saturated carbocycles. The van der Waals surface area contributed by atoms with Crippen molar-refractivity contribution in [3.05, 3.63) is 71.7 Å². The van der Waals surface area contributed by atoms with Crippen LogP contribution in [-0.2, 0) is 6.42 Å². The van der Waals surface area contributed by atoms with Crippen LogP contribution in [0.3, 0.4) is 0 Å². The van der Waals surface area contributed by atoms with Crippen LogP contribution in [0.5, 0.6) is 11.5 Å². The molecule has 2 heterocycles. The SMILES string of the molecule is Cc1nc(NCCc2ccccc2)cc(C(=O)Nc2ccc3c(c2)OCCO3)n1. The third-order valence-corrected chi connectivity index (χ3v) is 4.43. The predicted molar refractivity (Wildman–Crippen MR) is 111 cm³/mol. The molecule has 0 aliphatic carbocycles. The zero-order valence-corrected chi connectivity index (χ0v) is 16.1. The lowest BCUT2D eigenvalue weighted by Crippen LogP contribution is -2.18. The second-order valence-electron chi connectivity index (χ2n) is 6.66. The van der Waals surface area contributed by atoms with Crippen LogP contribution in [-0.4, -0.2) is 35.6 Å². The molecule has 1 amide bonds. The average molecular weight is 390 g/mol. The minimum absolute atomic E-state index is 0.301. The first kappa shape index (κ1) is 18.7. The molecule has 0 spiro atoms. The van der Waals surface area contributed by atoms with Gasteiger partial charge in [0.25, 0.3) is 5.91 Å². The first-order valence-electron chi connectivity index (χ1n) is 9.52. The molecule has 4 rings (SSSR count). The zero-order valence-electron chi connectivity index (χ0n) is 16.1. The van der Waals surface area contributed by atoms with E-state index in [1.807, 2.05) is 18.2 Å². The molecule has 1 aromatic heterocycles. The van der Waals surface area contributed by atoms with Gasteiger partial charge in [-0.3, -0.25) is 4.79 Å². The molecule has 1 aliphatic rings. The number of carbonyl (C=O) groups is 1. The smallest absolute Gasteiger partial charge is 0.274 e. The Morgan fingerprint density at radius 1 is 1.00 bits per heavy atom. The molecule has 1 aliphatic heterocycles. The number of rotatable bonds is 6. The number of ether oxygens (including phenoxy) is 2. The van der Waals surface area contributed by atoms with Crippen molar-refractivity contribution in [2.45, 2.75) is 13.3 Å². The summed E-state index contributed by atoms with van der Waals surface area (Å²) in [5.41, 5.74) is 2.16. The molecule has 2 N–H and O–H groups in total. The molecular formula is C22H22N4O3. The fourth-order valence-corrected chi connectivity index (χ4v) is 3.07. The number of amides is 1. The van der Waals surface area contributed by atoms with Gasteiger partial charge in [0.2, 0.25) is 0 Å². The highest BCUT2D eigenvalue weighted by Gasteiger charge is 2.15. The molecule has 7 heteroatoms. The van der Waals surface area contributed by atoms with Crippen molar-refractivity contribution in [2.75, 3.05) is 30.4 Å². The number of fused-ring (bicyclic) bond motifs is 1. The van der Waals surface area contributed by atoms with Gasteiger partial charge in [-0.15, -0.1) is 0 Å². The van der Waals surface area contributed by atoms with E-state index < -0.39 is 0 Å². The van der Waals surface area contributed by atoms with Crippen molar-refractivity contribution in [2.24, 2.45) is 0 Å². The maximum atomic E-state index is 12.7. The minimum atomic E-state index is -0.307. The number of benzene rings is 2. The molecule has 0 unspecified atom stereocenters. The Morgan fingerprint density at radius 3 is 2.62 bits per heavy atom. The van der Waals surface area contributed by atoms with Gasteiger partial charge < -0.3 is 20.1 Å². The average Bonchev–Trinajstić information content (AvgIpc) is 2.74. The highest BCUT2D eigenvalue weighted by atomic mass is 16.6. The van der Waals surface area contributed by atoms with Crippen molar-refractivity contribution in [3.63, 3.8) is 0 Å². The summed E-state index contributed by atoms with van der Waals surface area (Å²) in [4.78, 5) is 21.3. The molecule has 2 aromatic carbocycles. The van der Waals surface area contributed by atoms with E-state index in [2.05, 4.69) is 32.7 Å². The molecule has 0 bridgehead atoms. The van der Waals surface area contributed by atoms with Crippen LogP contribution in [0.15, 0.2) is 54.6 Å². The lowest BCUT2D eigenvalue weighted by molar-refractivity contribution is 0.102. The maximum Gasteiger partial charge on any atom is 0.274 e. The first-order chi connectivity index (χ1) is 14.2. The summed E-state index contributed by atoms with van der Waals surface area (Å²) in [5, 5.41) is 6.12. The van der Waals surface area contributed by atoms with E-state index in [9.17, 15) is 4.79 Å². The summed E-state index contributed by atoms with van der Waals surface area (Å²) in [6.07, 6.45) is 0.864. The van der Waals surface area contributed by atoms with E-state index in [1.165, 1.54) is 5.56 Å². The van der Waals surface area contributed by atoms with Crippen LogP contribution in [0.4, 0.5) is 11.5 Å². The van der Waals surface area contributed by atoms with Gasteiger partial charge in [-0.1, -0.05) is 30.3 Å². The fourth-order valence-electron chi connectivity index (χ4n) is 3.07. The lowest BCUT2D eigenvalue weighted by Gasteiger charge is -2.19. The van der Waals surface area contributed by atoms with Gasteiger partial charge in [0.1, 0.15) is 30.5 Å². The number of nitrogens with one attached hydrogen (secondary N) is 2. The van der Waals surface area contributed by atoms with Crippen LogP contribution in [0.2, 0.25) is 0 Å². The Balaban J connectivity index is 1.41. The number of hydrogen-bond acceptors (Lipinski definition) is 6. The van der Waals surface area contributed by atoms with E-state index in [0.29, 0.717) is 54.3 Å². The van der Waals surface area contributed by atoms with E-state index in [4.69, 9.17) is 9.47 Å². The number of carbonyl (C=O) groups excluding carboxylic acids is 1. The zero-order chi connectivity index (χ0) is 20.1. The summed E-state index contributed by atoms with van der Waals surface area (Å²) in [6.45, 7) is 3.50. The Morgan fingerprint density at radius 2 is 1.79 bits per heavy atom. The summed E-state index contributed by atoms with van der Waals surface area (Å²) in [7, 11) is 0. The summed E-state index contributed by atoms with van der Waals surface area (Å²) in [5.74, 6) is 2.15. The van der Waals surface area contributed by atoms with E-state index in [1.54, 1.807) is 31.2 Å². The number of aromatic nitrogens is 2. The topological polar surface area (TPSA) is 85.4 Å². The van der Waals surface area contributed by atoms with Gasteiger partial charge in [-0.2, -0.15) is 0 Å². The second kappa shape index (κ2) is 8.60. The highest BCUT2D eigenvalue weighted by Crippen LogP contribution is 2.32. The summed E-state index contributed by atoms with van der Waals surface area (Å²) < 4.78 is 11.1. The quantitative estimate of drug-likeness (QED) is 0.670. The number of hydrogen-bond donors (Lipinski definition) is 2. The van der Waals surface area contributed by atoms with Crippen LogP contribution in [0.25, 0.3) is 0 Å². The Labute approximate surface area is 169 Å². The predicted octanol–water partition coefficient (Wildman–Crippen LogP) is 3.46. The van der Waals surface area contributed by atoms with Crippen molar-refractivity contribution in [3.8, 4) is 11.5 Å². The Kier molecular flexibility index (Phi) is 5.56. The van der Waals surface area contributed by atoms with Crippen LogP contribution in [0.1, 0.15) is 21.9 Å². The van der Waals surface area contributed by atoms with Gasteiger partial charge in [-0.25, -0.2) is 9.97 Å². The van der Waals surface area contributed by atoms with E-state index in [-0.39, 0.29) is 5.91 Å². The number of nitrogens with zero attached hydrogens (tertiary/aromatic N) is 2. The van der Waals surface area contributed by atoms with Crippen molar-refractivity contribution >= 4 is 17.4 Å². The normalized spacial score (nSPS) is 12.3. The third-order valence-electron chi connectivity index (χ3n) is 4.43. The Bertz CT molecular complexity index is 1010. The maximum absolute atomic E-state index is 12.7. The van der Waals surface area contributed by atoms with Gasteiger partial charge in [0.05, 0.1) is 0 Å². The van der Waals surface area contributed by atoms with Crippen molar-refractivity contribution in [1.82, 2.24) is 9.97 Å². The molecule has 0 saturated heterocycles. The van der Waals surface area contributed by atoms with Crippen molar-refractivity contribution in [1.29, 1.82) is 0 Å². The molecule has 0 atom stereocenters. The van der Waals surface area contributed by atoms with Crippen LogP contribution >= 0.6 is 0 Å². The van der Waals surface area contributed by atoms with Crippen LogP contribution in [0, 0.1) is 6.92 Å². The monoisotopic (exact) mass is 390 g/mol.